The fraction of sp³-hybridized carbons (Fsp3) is 0.200. The number of halogens is 2. The molecule has 1 aromatic heterocycles. The molecule has 0 atom stereocenters. The van der Waals surface area contributed by atoms with Crippen LogP contribution in [-0.4, -0.2) is 9.97 Å². The van der Waals surface area contributed by atoms with E-state index >= 15 is 0 Å². The molecule has 5 heteroatoms. The highest BCUT2D eigenvalue weighted by molar-refractivity contribution is 14.1. The fourth-order valence-corrected chi connectivity index (χ4v) is 1.97. The Morgan fingerprint density at radius 3 is 3.00 bits per heavy atom. The van der Waals surface area contributed by atoms with Crippen molar-refractivity contribution in [2.75, 3.05) is 0 Å². The summed E-state index contributed by atoms with van der Waals surface area (Å²) in [5.74, 6) is 0. The van der Waals surface area contributed by atoms with Gasteiger partial charge in [-0.3, -0.25) is 4.79 Å². The minimum atomic E-state index is -0.123. The maximum Gasteiger partial charge on any atom is 0.265 e. The van der Waals surface area contributed by atoms with Gasteiger partial charge in [-0.25, -0.2) is 4.98 Å². The highest BCUT2D eigenvalue weighted by atomic mass is 127. The maximum atomic E-state index is 10.9. The topological polar surface area (TPSA) is 45.8 Å². The number of rotatable bonds is 1. The van der Waals surface area contributed by atoms with Gasteiger partial charge in [0.25, 0.3) is 5.56 Å². The lowest BCUT2D eigenvalue weighted by molar-refractivity contribution is 1.04. The van der Waals surface area contributed by atoms with E-state index in [1.54, 1.807) is 0 Å². The Morgan fingerprint density at radius 2 is 2.50 bits per heavy atom. The molecular weight excluding hydrogens is 311 g/mol. The fourth-order valence-electron chi connectivity index (χ4n) is 0.513. The van der Waals surface area contributed by atoms with Crippen LogP contribution in [0.1, 0.15) is 5.69 Å². The van der Waals surface area contributed by atoms with Crippen LogP contribution in [0, 0.1) is 0 Å². The van der Waals surface area contributed by atoms with Crippen molar-refractivity contribution in [3.63, 3.8) is 0 Å². The molecule has 0 radical (unpaired) electrons. The van der Waals surface area contributed by atoms with Crippen molar-refractivity contribution in [1.29, 1.82) is 0 Å². The van der Waals surface area contributed by atoms with Gasteiger partial charge in [0.2, 0.25) is 0 Å². The molecular formula is C5H4BrIN2O. The predicted molar refractivity (Wildman–Crippen MR) is 50.3 cm³/mol. The number of H-pyrrole nitrogens is 1. The Balaban J connectivity index is 3.28. The zero-order valence-corrected chi connectivity index (χ0v) is 8.64. The summed E-state index contributed by atoms with van der Waals surface area (Å²) >= 11 is 5.28. The van der Waals surface area contributed by atoms with Crippen LogP contribution in [0.25, 0.3) is 0 Å². The first-order chi connectivity index (χ1) is 4.75. The molecule has 10 heavy (non-hydrogen) atoms. The molecule has 0 unspecified atom stereocenters. The lowest BCUT2D eigenvalue weighted by Crippen LogP contribution is -2.09. The molecule has 3 nitrogen and oxygen atoms in total. The van der Waals surface area contributed by atoms with Crippen molar-refractivity contribution in [2.45, 2.75) is 4.43 Å². The smallest absolute Gasteiger partial charge is 0.265 e. The molecule has 0 fully saturated rings. The molecule has 0 bridgehead atoms. The molecule has 1 heterocycles. The van der Waals surface area contributed by atoms with E-state index in [0.717, 1.165) is 10.1 Å². The average Bonchev–Trinajstić information content (AvgIpc) is 1.95. The SMILES string of the molecule is O=c1[nH]cnc(CI)c1Br. The monoisotopic (exact) mass is 314 g/mol. The van der Waals surface area contributed by atoms with Gasteiger partial charge in [-0.15, -0.1) is 0 Å². The van der Waals surface area contributed by atoms with Gasteiger partial charge in [0.05, 0.1) is 12.0 Å². The zero-order chi connectivity index (χ0) is 7.56. The summed E-state index contributed by atoms with van der Waals surface area (Å²) in [6, 6.07) is 0. The van der Waals surface area contributed by atoms with Gasteiger partial charge < -0.3 is 4.98 Å². The van der Waals surface area contributed by atoms with Gasteiger partial charge in [-0.05, 0) is 15.9 Å². The molecule has 0 aliphatic heterocycles. The lowest BCUT2D eigenvalue weighted by Gasteiger charge is -1.94. The van der Waals surface area contributed by atoms with Crippen LogP contribution in [0.4, 0.5) is 0 Å². The summed E-state index contributed by atoms with van der Waals surface area (Å²) in [5, 5.41) is 0. The molecule has 54 valence electrons. The number of hydrogen-bond donors (Lipinski definition) is 1. The van der Waals surface area contributed by atoms with Crippen molar-refractivity contribution in [1.82, 2.24) is 9.97 Å². The van der Waals surface area contributed by atoms with Gasteiger partial charge >= 0.3 is 0 Å². The van der Waals surface area contributed by atoms with Gasteiger partial charge in [-0.1, -0.05) is 22.6 Å². The molecule has 0 spiro atoms. The van der Waals surface area contributed by atoms with Crippen LogP contribution in [0.3, 0.4) is 0 Å². The van der Waals surface area contributed by atoms with Crippen molar-refractivity contribution in [3.05, 3.63) is 26.8 Å². The largest absolute Gasteiger partial charge is 0.312 e. The maximum absolute atomic E-state index is 10.9. The zero-order valence-electron chi connectivity index (χ0n) is 4.90. The van der Waals surface area contributed by atoms with Gasteiger partial charge in [0.1, 0.15) is 4.47 Å². The number of aromatic nitrogens is 2. The molecule has 0 saturated carbocycles. The Kier molecular flexibility index (Phi) is 2.84. The van der Waals surface area contributed by atoms with Crippen LogP contribution in [0.15, 0.2) is 15.6 Å². The Labute approximate surface area is 79.5 Å². The van der Waals surface area contributed by atoms with Crippen LogP contribution in [0.2, 0.25) is 0 Å². The van der Waals surface area contributed by atoms with Gasteiger partial charge in [0.15, 0.2) is 0 Å². The van der Waals surface area contributed by atoms with Gasteiger partial charge in [-0.2, -0.15) is 0 Å². The van der Waals surface area contributed by atoms with Crippen molar-refractivity contribution < 1.29 is 0 Å². The van der Waals surface area contributed by atoms with Gasteiger partial charge in [0, 0.05) is 4.43 Å². The van der Waals surface area contributed by atoms with Crippen LogP contribution in [0.5, 0.6) is 0 Å². The minimum absolute atomic E-state index is 0.123. The summed E-state index contributed by atoms with van der Waals surface area (Å²) in [5.41, 5.74) is 0.658. The molecule has 1 rings (SSSR count). The average molecular weight is 315 g/mol. The number of aromatic amines is 1. The molecule has 0 amide bonds. The van der Waals surface area contributed by atoms with Crippen molar-refractivity contribution in [3.8, 4) is 0 Å². The molecule has 0 saturated heterocycles. The lowest BCUT2D eigenvalue weighted by atomic mass is 10.5. The number of alkyl halides is 1. The molecule has 0 aliphatic carbocycles. The molecule has 1 aromatic rings. The third-order valence-corrected chi connectivity index (χ3v) is 2.54. The first kappa shape index (κ1) is 8.19. The quantitative estimate of drug-likeness (QED) is 0.630. The van der Waals surface area contributed by atoms with E-state index in [-0.39, 0.29) is 5.56 Å². The third-order valence-electron chi connectivity index (χ3n) is 0.995. The summed E-state index contributed by atoms with van der Waals surface area (Å²) in [6.07, 6.45) is 1.40. The number of hydrogen-bond acceptors (Lipinski definition) is 2. The first-order valence-corrected chi connectivity index (χ1v) is 4.85. The minimum Gasteiger partial charge on any atom is -0.312 e. The highest BCUT2D eigenvalue weighted by Gasteiger charge is 2.01. The second-order valence-electron chi connectivity index (χ2n) is 1.63. The Bertz CT molecular complexity index is 285. The summed E-state index contributed by atoms with van der Waals surface area (Å²) < 4.78 is 1.27. The Morgan fingerprint density at radius 1 is 1.80 bits per heavy atom. The molecule has 0 aromatic carbocycles. The van der Waals surface area contributed by atoms with Crippen LogP contribution >= 0.6 is 38.5 Å². The summed E-state index contributed by atoms with van der Waals surface area (Å²) in [7, 11) is 0. The second kappa shape index (κ2) is 3.47. The highest BCUT2D eigenvalue weighted by Crippen LogP contribution is 2.10. The summed E-state index contributed by atoms with van der Waals surface area (Å²) in [6.45, 7) is 0. The summed E-state index contributed by atoms with van der Waals surface area (Å²) in [4.78, 5) is 17.3. The second-order valence-corrected chi connectivity index (χ2v) is 3.18. The van der Waals surface area contributed by atoms with E-state index in [9.17, 15) is 4.79 Å². The van der Waals surface area contributed by atoms with E-state index in [0.29, 0.717) is 4.47 Å². The predicted octanol–water partition coefficient (Wildman–Crippen LogP) is 1.47. The Hall–Kier alpha value is 0.0900. The van der Waals surface area contributed by atoms with E-state index in [2.05, 4.69) is 48.5 Å². The first-order valence-electron chi connectivity index (χ1n) is 2.53. The molecule has 0 aliphatic rings. The van der Waals surface area contributed by atoms with Crippen LogP contribution in [-0.2, 0) is 4.43 Å². The number of nitrogens with one attached hydrogen (secondary N) is 1. The van der Waals surface area contributed by atoms with Crippen LogP contribution < -0.4 is 5.56 Å². The van der Waals surface area contributed by atoms with Crippen molar-refractivity contribution >= 4 is 38.5 Å². The molecule has 1 N–H and O–H groups in total. The van der Waals surface area contributed by atoms with Crippen molar-refractivity contribution in [2.24, 2.45) is 0 Å². The van der Waals surface area contributed by atoms with E-state index < -0.39 is 0 Å². The standard InChI is InChI=1S/C5H4BrIN2O/c6-4-3(1-7)8-2-9-5(4)10/h2H,1H2,(H,8,9,10). The van der Waals surface area contributed by atoms with E-state index in [1.807, 2.05) is 0 Å². The van der Waals surface area contributed by atoms with E-state index in [4.69, 9.17) is 0 Å². The number of nitrogens with zero attached hydrogens (tertiary/aromatic N) is 1. The normalized spacial score (nSPS) is 9.80. The van der Waals surface area contributed by atoms with E-state index in [1.165, 1.54) is 6.33 Å². The third kappa shape index (κ3) is 1.57.